The van der Waals surface area contributed by atoms with Crippen LogP contribution in [0, 0.1) is 0 Å². The molecule has 0 aromatic heterocycles. The number of nitrogens with two attached hydrogens (primary N) is 1. The third kappa shape index (κ3) is 1.48. The third-order valence-electron chi connectivity index (χ3n) is 2.57. The third-order valence-corrected chi connectivity index (χ3v) is 2.57. The lowest BCUT2D eigenvalue weighted by Crippen LogP contribution is -2.42. The average molecular weight is 204 g/mol. The summed E-state index contributed by atoms with van der Waals surface area (Å²) < 4.78 is 0. The van der Waals surface area contributed by atoms with Crippen LogP contribution in [-0.2, 0) is 11.2 Å². The van der Waals surface area contributed by atoms with Crippen LogP contribution in [0.1, 0.15) is 22.8 Å². The lowest BCUT2D eigenvalue weighted by Gasteiger charge is -2.25. The van der Waals surface area contributed by atoms with Crippen molar-refractivity contribution in [2.75, 3.05) is 12.3 Å². The summed E-state index contributed by atoms with van der Waals surface area (Å²) in [5, 5.41) is 0. The molecule has 2 amide bonds. The van der Waals surface area contributed by atoms with E-state index < -0.39 is 0 Å². The van der Waals surface area contributed by atoms with E-state index in [0.29, 0.717) is 17.8 Å². The summed E-state index contributed by atoms with van der Waals surface area (Å²) in [5.74, 6) is -0.379. The molecule has 0 saturated heterocycles. The molecule has 1 aliphatic rings. The molecule has 0 fully saturated rings. The van der Waals surface area contributed by atoms with Crippen molar-refractivity contribution in [3.8, 4) is 0 Å². The SMILES string of the molecule is CCN1C(=O)Cc2ccc(N)cc2C1=O. The van der Waals surface area contributed by atoms with Crippen LogP contribution in [0.2, 0.25) is 0 Å². The van der Waals surface area contributed by atoms with Crippen LogP contribution in [0.15, 0.2) is 18.2 Å². The zero-order valence-electron chi connectivity index (χ0n) is 8.49. The second-order valence-electron chi connectivity index (χ2n) is 3.54. The molecule has 0 radical (unpaired) electrons. The number of amides is 2. The number of hydrogen-bond donors (Lipinski definition) is 1. The van der Waals surface area contributed by atoms with Gasteiger partial charge in [0.05, 0.1) is 6.42 Å². The number of carbonyl (C=O) groups is 2. The van der Waals surface area contributed by atoms with Crippen molar-refractivity contribution in [2.45, 2.75) is 13.3 Å². The standard InChI is InChI=1S/C11H12N2O2/c1-2-13-10(14)5-7-3-4-8(12)6-9(7)11(13)15/h3-4,6H,2,5,12H2,1H3. The van der Waals surface area contributed by atoms with Crippen molar-refractivity contribution in [1.82, 2.24) is 4.90 Å². The Bertz CT molecular complexity index is 440. The Morgan fingerprint density at radius 3 is 2.80 bits per heavy atom. The summed E-state index contributed by atoms with van der Waals surface area (Å²) >= 11 is 0. The topological polar surface area (TPSA) is 63.4 Å². The van der Waals surface area contributed by atoms with Gasteiger partial charge in [0, 0.05) is 17.8 Å². The van der Waals surface area contributed by atoms with E-state index in [2.05, 4.69) is 0 Å². The lowest BCUT2D eigenvalue weighted by atomic mass is 9.98. The summed E-state index contributed by atoms with van der Waals surface area (Å²) in [5.41, 5.74) is 7.48. The van der Waals surface area contributed by atoms with Gasteiger partial charge in [-0.2, -0.15) is 0 Å². The molecule has 0 atom stereocenters. The minimum absolute atomic E-state index is 0.139. The number of fused-ring (bicyclic) bond motifs is 1. The van der Waals surface area contributed by atoms with Crippen LogP contribution in [-0.4, -0.2) is 23.3 Å². The van der Waals surface area contributed by atoms with Crippen molar-refractivity contribution < 1.29 is 9.59 Å². The Hall–Kier alpha value is -1.84. The Kier molecular flexibility index (Phi) is 2.19. The summed E-state index contributed by atoms with van der Waals surface area (Å²) in [6.45, 7) is 2.19. The van der Waals surface area contributed by atoms with Crippen molar-refractivity contribution in [2.24, 2.45) is 0 Å². The molecule has 1 aliphatic heterocycles. The van der Waals surface area contributed by atoms with Crippen LogP contribution >= 0.6 is 0 Å². The predicted octanol–water partition coefficient (Wildman–Crippen LogP) is 0.814. The molecule has 0 unspecified atom stereocenters. The van der Waals surface area contributed by atoms with Crippen LogP contribution in [0.5, 0.6) is 0 Å². The van der Waals surface area contributed by atoms with Gasteiger partial charge in [0.2, 0.25) is 5.91 Å². The van der Waals surface area contributed by atoms with Crippen LogP contribution in [0.25, 0.3) is 0 Å². The minimum Gasteiger partial charge on any atom is -0.399 e. The highest BCUT2D eigenvalue weighted by Crippen LogP contribution is 2.21. The molecule has 4 heteroatoms. The van der Waals surface area contributed by atoms with Gasteiger partial charge < -0.3 is 5.73 Å². The highest BCUT2D eigenvalue weighted by molar-refractivity contribution is 6.10. The first-order chi connectivity index (χ1) is 7.13. The quantitative estimate of drug-likeness (QED) is 0.544. The fraction of sp³-hybridized carbons (Fsp3) is 0.273. The number of anilines is 1. The maximum absolute atomic E-state index is 11.9. The van der Waals surface area contributed by atoms with E-state index in [1.165, 1.54) is 4.90 Å². The van der Waals surface area contributed by atoms with Crippen molar-refractivity contribution in [1.29, 1.82) is 0 Å². The predicted molar refractivity (Wildman–Crippen MR) is 56.3 cm³/mol. The molecule has 15 heavy (non-hydrogen) atoms. The van der Waals surface area contributed by atoms with E-state index in [1.807, 2.05) is 0 Å². The highest BCUT2D eigenvalue weighted by Gasteiger charge is 2.29. The summed E-state index contributed by atoms with van der Waals surface area (Å²) in [4.78, 5) is 24.7. The number of hydrogen-bond acceptors (Lipinski definition) is 3. The summed E-state index contributed by atoms with van der Waals surface area (Å²) in [6, 6.07) is 5.08. The van der Waals surface area contributed by atoms with Gasteiger partial charge in [0.15, 0.2) is 0 Å². The fourth-order valence-corrected chi connectivity index (χ4v) is 1.78. The largest absolute Gasteiger partial charge is 0.399 e. The number of imide groups is 1. The van der Waals surface area contributed by atoms with Gasteiger partial charge in [-0.1, -0.05) is 6.07 Å². The zero-order chi connectivity index (χ0) is 11.0. The lowest BCUT2D eigenvalue weighted by molar-refractivity contribution is -0.128. The van der Waals surface area contributed by atoms with Gasteiger partial charge in [0.1, 0.15) is 0 Å². The monoisotopic (exact) mass is 204 g/mol. The summed E-state index contributed by atoms with van der Waals surface area (Å²) in [7, 11) is 0. The fourth-order valence-electron chi connectivity index (χ4n) is 1.78. The number of rotatable bonds is 1. The number of likely N-dealkylation sites (N-methyl/N-ethyl adjacent to an activating group) is 1. The van der Waals surface area contributed by atoms with Gasteiger partial charge in [0.25, 0.3) is 5.91 Å². The molecule has 4 nitrogen and oxygen atoms in total. The average Bonchev–Trinajstić information content (AvgIpc) is 2.20. The molecule has 2 N–H and O–H groups in total. The maximum Gasteiger partial charge on any atom is 0.260 e. The molecule has 1 heterocycles. The van der Waals surface area contributed by atoms with Crippen LogP contribution in [0.3, 0.4) is 0 Å². The van der Waals surface area contributed by atoms with E-state index in [1.54, 1.807) is 25.1 Å². The van der Waals surface area contributed by atoms with Gasteiger partial charge >= 0.3 is 0 Å². The van der Waals surface area contributed by atoms with Gasteiger partial charge in [-0.3, -0.25) is 14.5 Å². The van der Waals surface area contributed by atoms with Crippen molar-refractivity contribution in [3.05, 3.63) is 29.3 Å². The van der Waals surface area contributed by atoms with Crippen molar-refractivity contribution in [3.63, 3.8) is 0 Å². The molecule has 2 rings (SSSR count). The van der Waals surface area contributed by atoms with Gasteiger partial charge in [-0.25, -0.2) is 0 Å². The molecule has 1 aromatic carbocycles. The minimum atomic E-state index is -0.240. The van der Waals surface area contributed by atoms with Gasteiger partial charge in [-0.05, 0) is 24.6 Å². The molecular weight excluding hydrogens is 192 g/mol. The van der Waals surface area contributed by atoms with E-state index in [9.17, 15) is 9.59 Å². The number of carbonyl (C=O) groups excluding carboxylic acids is 2. The first-order valence-corrected chi connectivity index (χ1v) is 4.86. The van der Waals surface area contributed by atoms with E-state index in [4.69, 9.17) is 5.73 Å². The Labute approximate surface area is 87.7 Å². The normalized spacial score (nSPS) is 15.4. The number of nitrogen functional groups attached to an aromatic ring is 1. The maximum atomic E-state index is 11.9. The van der Waals surface area contributed by atoms with E-state index in [-0.39, 0.29) is 18.2 Å². The first-order valence-electron chi connectivity index (χ1n) is 4.86. The van der Waals surface area contributed by atoms with Gasteiger partial charge in [-0.15, -0.1) is 0 Å². The smallest absolute Gasteiger partial charge is 0.260 e. The Balaban J connectivity index is 2.51. The number of benzene rings is 1. The zero-order valence-corrected chi connectivity index (χ0v) is 8.49. The van der Waals surface area contributed by atoms with Crippen molar-refractivity contribution >= 4 is 17.5 Å². The molecule has 0 bridgehead atoms. The highest BCUT2D eigenvalue weighted by atomic mass is 16.2. The Morgan fingerprint density at radius 1 is 1.40 bits per heavy atom. The molecule has 0 saturated carbocycles. The molecule has 0 spiro atoms. The van der Waals surface area contributed by atoms with Crippen LogP contribution in [0.4, 0.5) is 5.69 Å². The van der Waals surface area contributed by atoms with E-state index >= 15 is 0 Å². The summed E-state index contributed by atoms with van der Waals surface area (Å²) in [6.07, 6.45) is 0.287. The second kappa shape index (κ2) is 3.38. The van der Waals surface area contributed by atoms with E-state index in [0.717, 1.165) is 5.56 Å². The molecular formula is C11H12N2O2. The molecule has 1 aromatic rings. The Morgan fingerprint density at radius 2 is 2.13 bits per heavy atom. The number of nitrogens with zero attached hydrogens (tertiary/aromatic N) is 1. The molecule has 0 aliphatic carbocycles. The van der Waals surface area contributed by atoms with Crippen LogP contribution < -0.4 is 5.73 Å². The first kappa shape index (κ1) is 9.71. The molecule has 78 valence electrons. The second-order valence-corrected chi connectivity index (χ2v) is 3.54.